The van der Waals surface area contributed by atoms with Crippen LogP contribution in [-0.4, -0.2) is 49.8 Å². The third-order valence-electron chi connectivity index (χ3n) is 1.82. The molecule has 102 valence electrons. The smallest absolute Gasteiger partial charge is 0.243 e. The molecule has 0 amide bonds. The normalized spacial score (nSPS) is 11.1. The van der Waals surface area contributed by atoms with Crippen molar-refractivity contribution >= 4 is 27.9 Å². The third kappa shape index (κ3) is 4.65. The molecule has 1 rings (SSSR count). The Labute approximate surface area is 105 Å². The Balaban J connectivity index is 2.78. The fourth-order valence-electron chi connectivity index (χ4n) is 1.01. The lowest BCUT2D eigenvalue weighted by molar-refractivity contribution is 0.598. The molecule has 1 aromatic heterocycles. The van der Waals surface area contributed by atoms with Crippen LogP contribution in [0.2, 0.25) is 0 Å². The van der Waals surface area contributed by atoms with E-state index < -0.39 is 10.0 Å². The molecule has 1 heterocycles. The Hall–Kier alpha value is -1.72. The molecule has 0 fully saturated rings. The standard InChI is InChI=1S/C7H16N8O2S/c1-15(2)7-12-5(11-6(13-7)14-8)10-3-4-18(9,16)17/h3-4,8H2,1-2H3,(H2,9,16,17)(H2,10,11,12,13,14). The number of nitrogen functional groups attached to an aromatic ring is 1. The van der Waals surface area contributed by atoms with Gasteiger partial charge in [-0.15, -0.1) is 0 Å². The van der Waals surface area contributed by atoms with Crippen molar-refractivity contribution in [2.75, 3.05) is 42.0 Å². The number of anilines is 3. The van der Waals surface area contributed by atoms with Gasteiger partial charge in [-0.2, -0.15) is 15.0 Å². The summed E-state index contributed by atoms with van der Waals surface area (Å²) < 4.78 is 21.5. The highest BCUT2D eigenvalue weighted by molar-refractivity contribution is 7.89. The summed E-state index contributed by atoms with van der Waals surface area (Å²) in [5.41, 5.74) is 2.30. The van der Waals surface area contributed by atoms with Crippen LogP contribution in [0, 0.1) is 0 Å². The molecule has 0 bridgehead atoms. The first-order valence-electron chi connectivity index (χ1n) is 4.96. The van der Waals surface area contributed by atoms with Crippen molar-refractivity contribution in [3.8, 4) is 0 Å². The minimum absolute atomic E-state index is 0.0970. The van der Waals surface area contributed by atoms with Crippen molar-refractivity contribution < 1.29 is 8.42 Å². The number of primary sulfonamides is 1. The quantitative estimate of drug-likeness (QED) is 0.339. The summed E-state index contributed by atoms with van der Waals surface area (Å²) in [4.78, 5) is 13.6. The molecule has 0 atom stereocenters. The van der Waals surface area contributed by atoms with Gasteiger partial charge >= 0.3 is 0 Å². The summed E-state index contributed by atoms with van der Waals surface area (Å²) in [5, 5.41) is 7.60. The highest BCUT2D eigenvalue weighted by Crippen LogP contribution is 2.10. The first-order valence-corrected chi connectivity index (χ1v) is 6.68. The number of aromatic nitrogens is 3. The average Bonchev–Trinajstić information content (AvgIpc) is 2.26. The lowest BCUT2D eigenvalue weighted by Gasteiger charge is -2.12. The van der Waals surface area contributed by atoms with Gasteiger partial charge in [0, 0.05) is 20.6 Å². The molecule has 0 saturated heterocycles. The Bertz CT molecular complexity index is 502. The van der Waals surface area contributed by atoms with Crippen LogP contribution in [0.1, 0.15) is 0 Å². The number of sulfonamides is 1. The molecule has 0 aromatic carbocycles. The van der Waals surface area contributed by atoms with E-state index in [9.17, 15) is 8.42 Å². The maximum atomic E-state index is 10.8. The summed E-state index contributed by atoms with van der Waals surface area (Å²) in [6.07, 6.45) is 0. The number of hydrogen-bond acceptors (Lipinski definition) is 9. The predicted octanol–water partition coefficient (Wildman–Crippen LogP) is -2.08. The summed E-state index contributed by atoms with van der Waals surface area (Å²) >= 11 is 0. The number of nitrogens with two attached hydrogens (primary N) is 2. The van der Waals surface area contributed by atoms with Crippen molar-refractivity contribution in [2.45, 2.75) is 0 Å². The van der Waals surface area contributed by atoms with Gasteiger partial charge in [-0.3, -0.25) is 5.43 Å². The molecule has 0 spiro atoms. The zero-order valence-corrected chi connectivity index (χ0v) is 10.9. The number of hydrazine groups is 1. The van der Waals surface area contributed by atoms with Crippen LogP contribution in [0.25, 0.3) is 0 Å². The Kier molecular flexibility index (Phi) is 4.58. The second-order valence-electron chi connectivity index (χ2n) is 3.62. The molecule has 0 unspecified atom stereocenters. The molecule has 0 aliphatic carbocycles. The molecule has 10 nitrogen and oxygen atoms in total. The molecular formula is C7H16N8O2S. The lowest BCUT2D eigenvalue weighted by Crippen LogP contribution is -2.24. The van der Waals surface area contributed by atoms with E-state index in [0.717, 1.165) is 0 Å². The minimum atomic E-state index is -3.52. The maximum Gasteiger partial charge on any atom is 0.243 e. The molecule has 1 aromatic rings. The zero-order chi connectivity index (χ0) is 13.8. The van der Waals surface area contributed by atoms with Gasteiger partial charge in [0.2, 0.25) is 27.9 Å². The maximum absolute atomic E-state index is 10.8. The fourth-order valence-corrected chi connectivity index (χ4v) is 1.40. The Morgan fingerprint density at radius 3 is 2.33 bits per heavy atom. The largest absolute Gasteiger partial charge is 0.353 e. The Morgan fingerprint density at radius 2 is 1.83 bits per heavy atom. The number of rotatable bonds is 6. The van der Waals surface area contributed by atoms with E-state index in [1.807, 2.05) is 0 Å². The molecule has 6 N–H and O–H groups in total. The number of nitrogens with one attached hydrogen (secondary N) is 2. The number of nitrogens with zero attached hydrogens (tertiary/aromatic N) is 4. The molecular weight excluding hydrogens is 260 g/mol. The molecule has 11 heteroatoms. The fraction of sp³-hybridized carbons (Fsp3) is 0.571. The highest BCUT2D eigenvalue weighted by Gasteiger charge is 2.08. The highest BCUT2D eigenvalue weighted by atomic mass is 32.2. The van der Waals surface area contributed by atoms with Gasteiger partial charge in [-0.25, -0.2) is 19.4 Å². The van der Waals surface area contributed by atoms with Crippen LogP contribution in [-0.2, 0) is 10.0 Å². The van der Waals surface area contributed by atoms with E-state index >= 15 is 0 Å². The van der Waals surface area contributed by atoms with Gasteiger partial charge in [-0.05, 0) is 0 Å². The van der Waals surface area contributed by atoms with E-state index in [1.165, 1.54) is 0 Å². The van der Waals surface area contributed by atoms with Gasteiger partial charge in [0.05, 0.1) is 5.75 Å². The monoisotopic (exact) mass is 276 g/mol. The molecule has 0 saturated carbocycles. The molecule has 0 aliphatic heterocycles. The topological polar surface area (TPSA) is 152 Å². The van der Waals surface area contributed by atoms with Crippen molar-refractivity contribution in [2.24, 2.45) is 11.0 Å². The first-order chi connectivity index (χ1) is 8.31. The zero-order valence-electron chi connectivity index (χ0n) is 10.1. The molecule has 18 heavy (non-hydrogen) atoms. The van der Waals surface area contributed by atoms with Gasteiger partial charge in [0.25, 0.3) is 0 Å². The van der Waals surface area contributed by atoms with Gasteiger partial charge in [-0.1, -0.05) is 0 Å². The number of hydrogen-bond donors (Lipinski definition) is 4. The Morgan fingerprint density at radius 1 is 1.22 bits per heavy atom. The second kappa shape index (κ2) is 5.75. The average molecular weight is 276 g/mol. The lowest BCUT2D eigenvalue weighted by atomic mass is 10.7. The summed E-state index contributed by atoms with van der Waals surface area (Å²) in [7, 11) is -0.0134. The van der Waals surface area contributed by atoms with Crippen LogP contribution in [0.15, 0.2) is 0 Å². The van der Waals surface area contributed by atoms with Crippen LogP contribution in [0.4, 0.5) is 17.8 Å². The van der Waals surface area contributed by atoms with E-state index in [4.69, 9.17) is 11.0 Å². The second-order valence-corrected chi connectivity index (χ2v) is 5.35. The summed E-state index contributed by atoms with van der Waals surface area (Å²) in [6.45, 7) is 0.0970. The van der Waals surface area contributed by atoms with Crippen molar-refractivity contribution in [3.05, 3.63) is 0 Å². The predicted molar refractivity (Wildman–Crippen MR) is 68.4 cm³/mol. The van der Waals surface area contributed by atoms with Crippen LogP contribution in [0.3, 0.4) is 0 Å². The van der Waals surface area contributed by atoms with Crippen molar-refractivity contribution in [3.63, 3.8) is 0 Å². The van der Waals surface area contributed by atoms with Gasteiger partial charge < -0.3 is 10.2 Å². The minimum Gasteiger partial charge on any atom is -0.353 e. The molecule has 0 aliphatic rings. The van der Waals surface area contributed by atoms with E-state index in [0.29, 0.717) is 5.95 Å². The van der Waals surface area contributed by atoms with Crippen molar-refractivity contribution in [1.29, 1.82) is 0 Å². The summed E-state index contributed by atoms with van der Waals surface area (Å²) in [6, 6.07) is 0. The van der Waals surface area contributed by atoms with Crippen LogP contribution < -0.4 is 26.6 Å². The van der Waals surface area contributed by atoms with E-state index in [2.05, 4.69) is 25.7 Å². The third-order valence-corrected chi connectivity index (χ3v) is 2.60. The van der Waals surface area contributed by atoms with Crippen LogP contribution in [0.5, 0.6) is 0 Å². The van der Waals surface area contributed by atoms with Gasteiger partial charge in [0.15, 0.2) is 0 Å². The van der Waals surface area contributed by atoms with E-state index in [1.54, 1.807) is 19.0 Å². The molecule has 0 radical (unpaired) electrons. The van der Waals surface area contributed by atoms with Crippen molar-refractivity contribution in [1.82, 2.24) is 15.0 Å². The SMILES string of the molecule is CN(C)c1nc(NN)nc(NCCS(N)(=O)=O)n1. The first kappa shape index (κ1) is 14.3. The van der Waals surface area contributed by atoms with E-state index in [-0.39, 0.29) is 24.2 Å². The summed E-state index contributed by atoms with van der Waals surface area (Å²) in [5.74, 6) is 5.77. The van der Waals surface area contributed by atoms with Gasteiger partial charge in [0.1, 0.15) is 0 Å². The van der Waals surface area contributed by atoms with Crippen LogP contribution >= 0.6 is 0 Å².